The van der Waals surface area contributed by atoms with E-state index in [4.69, 9.17) is 27.2 Å². The molecule has 0 spiro atoms. The normalized spacial score (nSPS) is 12.2. The minimum absolute atomic E-state index is 0.0831. The molecule has 2 aromatic rings. The van der Waals surface area contributed by atoms with E-state index in [0.29, 0.717) is 18.0 Å². The number of aliphatic hydroxyl groups excluding tert-OH is 1. The smallest absolute Gasteiger partial charge is 0.137 e. The monoisotopic (exact) mass is 291 g/mol. The van der Waals surface area contributed by atoms with E-state index in [1.54, 1.807) is 0 Å². The maximum atomic E-state index is 9.10. The molecular weight excluding hydrogens is 274 g/mol. The summed E-state index contributed by atoms with van der Waals surface area (Å²) in [5.74, 6) is 0.733. The number of rotatable bonds is 6. The van der Waals surface area contributed by atoms with E-state index < -0.39 is 0 Å². The van der Waals surface area contributed by atoms with Gasteiger partial charge in [-0.25, -0.2) is 0 Å². The van der Waals surface area contributed by atoms with Gasteiger partial charge in [-0.15, -0.1) is 0 Å². The number of ether oxygens (including phenoxy) is 1. The summed E-state index contributed by atoms with van der Waals surface area (Å²) in [4.78, 5) is 0. The summed E-state index contributed by atoms with van der Waals surface area (Å²) >= 11 is 6.19. The van der Waals surface area contributed by atoms with E-state index in [1.165, 1.54) is 0 Å². The van der Waals surface area contributed by atoms with Gasteiger partial charge in [0.2, 0.25) is 0 Å². The van der Waals surface area contributed by atoms with Crippen LogP contribution in [0.15, 0.2) is 48.5 Å². The zero-order valence-electron chi connectivity index (χ0n) is 11.1. The van der Waals surface area contributed by atoms with Gasteiger partial charge < -0.3 is 15.6 Å². The van der Waals surface area contributed by atoms with Gasteiger partial charge in [0.05, 0.1) is 0 Å². The molecule has 0 amide bonds. The fraction of sp³-hybridized carbons (Fsp3) is 0.250. The lowest BCUT2D eigenvalue weighted by atomic mass is 10.1. The van der Waals surface area contributed by atoms with Crippen molar-refractivity contribution in [2.24, 2.45) is 5.73 Å². The number of benzene rings is 2. The van der Waals surface area contributed by atoms with Crippen LogP contribution in [0.1, 0.15) is 17.2 Å². The van der Waals surface area contributed by atoms with Gasteiger partial charge in [0.25, 0.3) is 0 Å². The summed E-state index contributed by atoms with van der Waals surface area (Å²) < 4.78 is 5.99. The molecule has 4 heteroatoms. The molecule has 0 radical (unpaired) electrons. The molecule has 20 heavy (non-hydrogen) atoms. The standard InChI is InChI=1S/C16H18ClNO2/c17-14-7-3-2-6-13(14)16(11-18)20-15-8-4-1-5-12(15)9-10-19/h1-8,16,19H,9-11,18H2. The predicted molar refractivity (Wildman–Crippen MR) is 81.1 cm³/mol. The molecule has 0 aromatic heterocycles. The fourth-order valence-corrected chi connectivity index (χ4v) is 2.33. The molecule has 0 aliphatic rings. The van der Waals surface area contributed by atoms with Crippen LogP contribution in [0.5, 0.6) is 5.75 Å². The van der Waals surface area contributed by atoms with Crippen LogP contribution >= 0.6 is 11.6 Å². The van der Waals surface area contributed by atoms with Gasteiger partial charge in [0.1, 0.15) is 11.9 Å². The molecule has 0 bridgehead atoms. The molecule has 2 aromatic carbocycles. The van der Waals surface area contributed by atoms with Crippen molar-refractivity contribution in [1.82, 2.24) is 0 Å². The molecule has 3 nitrogen and oxygen atoms in total. The Morgan fingerprint density at radius 2 is 1.80 bits per heavy atom. The van der Waals surface area contributed by atoms with E-state index in [9.17, 15) is 0 Å². The van der Waals surface area contributed by atoms with Crippen LogP contribution < -0.4 is 10.5 Å². The highest BCUT2D eigenvalue weighted by atomic mass is 35.5. The third-order valence-electron chi connectivity index (χ3n) is 3.09. The van der Waals surface area contributed by atoms with Gasteiger partial charge in [-0.05, 0) is 24.1 Å². The molecule has 0 aliphatic heterocycles. The molecule has 2 rings (SSSR count). The minimum atomic E-state index is -0.302. The molecule has 1 atom stereocenters. The average molecular weight is 292 g/mol. The van der Waals surface area contributed by atoms with Gasteiger partial charge in [0.15, 0.2) is 0 Å². The number of hydrogen-bond acceptors (Lipinski definition) is 3. The second-order valence-corrected chi connectivity index (χ2v) is 4.85. The summed E-state index contributed by atoms with van der Waals surface area (Å²) in [6.45, 7) is 0.414. The van der Waals surface area contributed by atoms with E-state index >= 15 is 0 Å². The average Bonchev–Trinajstić information content (AvgIpc) is 2.47. The van der Waals surface area contributed by atoms with Crippen LogP contribution in [0.3, 0.4) is 0 Å². The van der Waals surface area contributed by atoms with Crippen LogP contribution in [0.4, 0.5) is 0 Å². The highest BCUT2D eigenvalue weighted by molar-refractivity contribution is 6.31. The lowest BCUT2D eigenvalue weighted by Crippen LogP contribution is -2.19. The summed E-state index contributed by atoms with van der Waals surface area (Å²) in [7, 11) is 0. The van der Waals surface area contributed by atoms with Crippen molar-refractivity contribution in [2.45, 2.75) is 12.5 Å². The Morgan fingerprint density at radius 1 is 1.10 bits per heavy atom. The first kappa shape index (κ1) is 14.9. The molecule has 1 unspecified atom stereocenters. The van der Waals surface area contributed by atoms with Gasteiger partial charge in [-0.1, -0.05) is 48.0 Å². The minimum Gasteiger partial charge on any atom is -0.484 e. The number of nitrogens with two attached hydrogens (primary N) is 1. The summed E-state index contributed by atoms with van der Waals surface area (Å²) in [6.07, 6.45) is 0.249. The van der Waals surface area contributed by atoms with Crippen molar-refractivity contribution in [3.05, 3.63) is 64.7 Å². The first-order valence-corrected chi connectivity index (χ1v) is 6.94. The van der Waals surface area contributed by atoms with E-state index in [0.717, 1.165) is 16.9 Å². The molecule has 0 saturated heterocycles. The third-order valence-corrected chi connectivity index (χ3v) is 3.43. The van der Waals surface area contributed by atoms with Crippen molar-refractivity contribution in [3.63, 3.8) is 0 Å². The summed E-state index contributed by atoms with van der Waals surface area (Å²) in [6, 6.07) is 15.2. The lowest BCUT2D eigenvalue weighted by molar-refractivity contribution is 0.210. The van der Waals surface area contributed by atoms with Gasteiger partial charge in [-0.2, -0.15) is 0 Å². The van der Waals surface area contributed by atoms with Crippen LogP contribution in [0.2, 0.25) is 5.02 Å². The first-order chi connectivity index (χ1) is 9.76. The quantitative estimate of drug-likeness (QED) is 0.860. The van der Waals surface area contributed by atoms with Crippen molar-refractivity contribution in [2.75, 3.05) is 13.2 Å². The lowest BCUT2D eigenvalue weighted by Gasteiger charge is -2.20. The highest BCUT2D eigenvalue weighted by Gasteiger charge is 2.16. The molecule has 0 aliphatic carbocycles. The number of aliphatic hydroxyl groups is 1. The van der Waals surface area contributed by atoms with Crippen molar-refractivity contribution < 1.29 is 9.84 Å². The predicted octanol–water partition coefficient (Wildman–Crippen LogP) is 2.95. The Bertz CT molecular complexity index is 560. The second kappa shape index (κ2) is 7.29. The van der Waals surface area contributed by atoms with Crippen molar-refractivity contribution in [3.8, 4) is 5.75 Å². The zero-order chi connectivity index (χ0) is 14.4. The molecule has 0 saturated carbocycles. The Labute approximate surface area is 123 Å². The van der Waals surface area contributed by atoms with Crippen LogP contribution in [-0.2, 0) is 6.42 Å². The largest absolute Gasteiger partial charge is 0.484 e. The number of halogens is 1. The van der Waals surface area contributed by atoms with Gasteiger partial charge >= 0.3 is 0 Å². The third kappa shape index (κ3) is 3.51. The van der Waals surface area contributed by atoms with Crippen LogP contribution in [0.25, 0.3) is 0 Å². The first-order valence-electron chi connectivity index (χ1n) is 6.56. The van der Waals surface area contributed by atoms with Crippen molar-refractivity contribution in [1.29, 1.82) is 0 Å². The molecule has 106 valence electrons. The van der Waals surface area contributed by atoms with Gasteiger partial charge in [-0.3, -0.25) is 0 Å². The van der Waals surface area contributed by atoms with Gasteiger partial charge in [0, 0.05) is 23.7 Å². The van der Waals surface area contributed by atoms with Crippen LogP contribution in [0, 0.1) is 0 Å². The van der Waals surface area contributed by atoms with Crippen LogP contribution in [-0.4, -0.2) is 18.3 Å². The summed E-state index contributed by atoms with van der Waals surface area (Å²) in [5, 5.41) is 9.74. The Morgan fingerprint density at radius 3 is 2.50 bits per heavy atom. The Balaban J connectivity index is 2.25. The Hall–Kier alpha value is -1.55. The maximum absolute atomic E-state index is 9.10. The highest BCUT2D eigenvalue weighted by Crippen LogP contribution is 2.29. The Kier molecular flexibility index (Phi) is 5.41. The number of para-hydroxylation sites is 1. The maximum Gasteiger partial charge on any atom is 0.137 e. The number of hydrogen-bond donors (Lipinski definition) is 2. The van der Waals surface area contributed by atoms with E-state index in [2.05, 4.69) is 0 Å². The summed E-state index contributed by atoms with van der Waals surface area (Å²) in [5.41, 5.74) is 7.64. The van der Waals surface area contributed by atoms with Crippen molar-refractivity contribution >= 4 is 11.6 Å². The molecule has 0 heterocycles. The molecular formula is C16H18ClNO2. The SMILES string of the molecule is NCC(Oc1ccccc1CCO)c1ccccc1Cl. The molecule has 0 fully saturated rings. The molecule has 3 N–H and O–H groups in total. The van der Waals surface area contributed by atoms with E-state index in [-0.39, 0.29) is 12.7 Å². The fourth-order valence-electron chi connectivity index (χ4n) is 2.07. The zero-order valence-corrected chi connectivity index (χ0v) is 11.9. The van der Waals surface area contributed by atoms with E-state index in [1.807, 2.05) is 48.5 Å². The second-order valence-electron chi connectivity index (χ2n) is 4.45. The topological polar surface area (TPSA) is 55.5 Å².